The highest BCUT2D eigenvalue weighted by atomic mass is 15.1. The number of imidazole rings is 1. The van der Waals surface area contributed by atoms with E-state index >= 15 is 0 Å². The highest BCUT2D eigenvalue weighted by Gasteiger charge is 2.21. The minimum Gasteiger partial charge on any atom is -0.363 e. The lowest BCUT2D eigenvalue weighted by atomic mass is 9.97. The summed E-state index contributed by atoms with van der Waals surface area (Å²) in [6.45, 7) is 4.92. The summed E-state index contributed by atoms with van der Waals surface area (Å²) in [6, 6.07) is 2.00. The molecule has 0 unspecified atom stereocenters. The van der Waals surface area contributed by atoms with E-state index in [0.29, 0.717) is 12.5 Å². The van der Waals surface area contributed by atoms with E-state index in [2.05, 4.69) is 27.2 Å². The predicted molar refractivity (Wildman–Crippen MR) is 86.8 cm³/mol. The Hall–Kier alpha value is -1.95. The van der Waals surface area contributed by atoms with Crippen molar-refractivity contribution >= 4 is 5.82 Å². The van der Waals surface area contributed by atoms with Crippen LogP contribution in [0.5, 0.6) is 0 Å². The van der Waals surface area contributed by atoms with Gasteiger partial charge in [0, 0.05) is 43.7 Å². The molecular formula is C16H24N6. The van der Waals surface area contributed by atoms with Crippen LogP contribution in [0.3, 0.4) is 0 Å². The molecule has 3 heterocycles. The van der Waals surface area contributed by atoms with Crippen LogP contribution in [0.1, 0.15) is 36.1 Å². The molecule has 1 aliphatic rings. The number of hydrogen-bond donors (Lipinski definition) is 1. The Morgan fingerprint density at radius 2 is 2.18 bits per heavy atom. The quantitative estimate of drug-likeness (QED) is 0.935. The molecule has 6 heteroatoms. The molecule has 0 aliphatic carbocycles. The maximum absolute atomic E-state index is 4.73. The second kappa shape index (κ2) is 6.44. The fraction of sp³-hybridized carbons (Fsp3) is 0.562. The maximum atomic E-state index is 4.73. The Morgan fingerprint density at radius 3 is 2.91 bits per heavy atom. The smallest absolute Gasteiger partial charge is 0.135 e. The number of likely N-dealkylation sites (tertiary alicyclic amines) is 1. The molecule has 0 bridgehead atoms. The normalized spacial score (nSPS) is 19.3. The fourth-order valence-electron chi connectivity index (χ4n) is 2.98. The van der Waals surface area contributed by atoms with Crippen LogP contribution in [0.4, 0.5) is 5.82 Å². The van der Waals surface area contributed by atoms with Gasteiger partial charge >= 0.3 is 0 Å². The molecule has 0 aromatic carbocycles. The van der Waals surface area contributed by atoms with Crippen LogP contribution in [0, 0.1) is 6.92 Å². The van der Waals surface area contributed by atoms with Gasteiger partial charge in [0.2, 0.25) is 0 Å². The van der Waals surface area contributed by atoms with Gasteiger partial charge in [-0.05, 0) is 33.4 Å². The monoisotopic (exact) mass is 300 g/mol. The van der Waals surface area contributed by atoms with Crippen molar-refractivity contribution in [2.24, 2.45) is 7.05 Å². The average molecular weight is 300 g/mol. The van der Waals surface area contributed by atoms with E-state index in [-0.39, 0.29) is 0 Å². The van der Waals surface area contributed by atoms with Crippen molar-refractivity contribution < 1.29 is 0 Å². The van der Waals surface area contributed by atoms with E-state index in [9.17, 15) is 0 Å². The van der Waals surface area contributed by atoms with Gasteiger partial charge in [-0.2, -0.15) is 0 Å². The standard InChI is InChI=1S/C16H24N6/c1-12-9-14(18-10-15-17-6-8-22(15)3)20-16(19-12)13-5-4-7-21(2)11-13/h6,8-9,13H,4-5,7,10-11H2,1-3H3,(H,18,19,20)/t13-/m1/s1. The highest BCUT2D eigenvalue weighted by molar-refractivity contribution is 5.36. The van der Waals surface area contributed by atoms with Crippen molar-refractivity contribution in [2.45, 2.75) is 32.2 Å². The summed E-state index contributed by atoms with van der Waals surface area (Å²) in [5.74, 6) is 3.29. The summed E-state index contributed by atoms with van der Waals surface area (Å²) in [6.07, 6.45) is 6.15. The molecular weight excluding hydrogens is 276 g/mol. The summed E-state index contributed by atoms with van der Waals surface area (Å²) in [7, 11) is 4.17. The Labute approximate surface area is 131 Å². The second-order valence-electron chi connectivity index (χ2n) is 6.16. The number of aryl methyl sites for hydroxylation is 2. The molecule has 0 spiro atoms. The molecule has 1 atom stereocenters. The van der Waals surface area contributed by atoms with E-state index in [1.165, 1.54) is 19.4 Å². The third-order valence-electron chi connectivity index (χ3n) is 4.21. The summed E-state index contributed by atoms with van der Waals surface area (Å²) in [5, 5.41) is 3.37. The fourth-order valence-corrected chi connectivity index (χ4v) is 2.98. The minimum absolute atomic E-state index is 0.437. The number of nitrogens with zero attached hydrogens (tertiary/aromatic N) is 5. The van der Waals surface area contributed by atoms with Crippen molar-refractivity contribution in [3.63, 3.8) is 0 Å². The number of anilines is 1. The van der Waals surface area contributed by atoms with Crippen LogP contribution >= 0.6 is 0 Å². The Balaban J connectivity index is 1.73. The van der Waals surface area contributed by atoms with E-state index in [0.717, 1.165) is 29.7 Å². The molecule has 1 aliphatic heterocycles. The van der Waals surface area contributed by atoms with Crippen molar-refractivity contribution in [2.75, 3.05) is 25.5 Å². The van der Waals surface area contributed by atoms with Crippen LogP contribution in [-0.2, 0) is 13.6 Å². The lowest BCUT2D eigenvalue weighted by molar-refractivity contribution is 0.246. The Morgan fingerprint density at radius 1 is 1.32 bits per heavy atom. The lowest BCUT2D eigenvalue weighted by Crippen LogP contribution is -2.31. The first-order valence-corrected chi connectivity index (χ1v) is 7.86. The molecule has 2 aromatic rings. The van der Waals surface area contributed by atoms with Crippen LogP contribution in [0.25, 0.3) is 0 Å². The summed E-state index contributed by atoms with van der Waals surface area (Å²) < 4.78 is 2.01. The van der Waals surface area contributed by atoms with Crippen molar-refractivity contribution in [1.82, 2.24) is 24.4 Å². The van der Waals surface area contributed by atoms with Gasteiger partial charge in [-0.3, -0.25) is 0 Å². The number of nitrogens with one attached hydrogen (secondary N) is 1. The first-order valence-electron chi connectivity index (χ1n) is 7.86. The first-order chi connectivity index (χ1) is 10.6. The van der Waals surface area contributed by atoms with Crippen LogP contribution < -0.4 is 5.32 Å². The summed E-state index contributed by atoms with van der Waals surface area (Å²) in [5.41, 5.74) is 1.01. The number of aromatic nitrogens is 4. The molecule has 118 valence electrons. The first kappa shape index (κ1) is 15.0. The van der Waals surface area contributed by atoms with Gasteiger partial charge in [0.25, 0.3) is 0 Å². The van der Waals surface area contributed by atoms with Crippen LogP contribution in [-0.4, -0.2) is 44.6 Å². The van der Waals surface area contributed by atoms with Gasteiger partial charge in [0.1, 0.15) is 17.5 Å². The zero-order valence-electron chi connectivity index (χ0n) is 13.6. The molecule has 0 radical (unpaired) electrons. The molecule has 1 saturated heterocycles. The molecule has 0 saturated carbocycles. The van der Waals surface area contributed by atoms with Gasteiger partial charge in [-0.15, -0.1) is 0 Å². The molecule has 6 nitrogen and oxygen atoms in total. The zero-order chi connectivity index (χ0) is 15.5. The van der Waals surface area contributed by atoms with Crippen molar-refractivity contribution in [3.8, 4) is 0 Å². The Kier molecular flexibility index (Phi) is 4.38. The van der Waals surface area contributed by atoms with Crippen molar-refractivity contribution in [1.29, 1.82) is 0 Å². The number of likely N-dealkylation sites (N-methyl/N-ethyl adjacent to an activating group) is 1. The largest absolute Gasteiger partial charge is 0.363 e. The van der Waals surface area contributed by atoms with E-state index in [1.807, 2.05) is 37.0 Å². The van der Waals surface area contributed by atoms with E-state index in [4.69, 9.17) is 4.98 Å². The third-order valence-corrected chi connectivity index (χ3v) is 4.21. The maximum Gasteiger partial charge on any atom is 0.135 e. The SMILES string of the molecule is Cc1cc(NCc2nccn2C)nc([C@@H]2CCCN(C)C2)n1. The van der Waals surface area contributed by atoms with E-state index in [1.54, 1.807) is 0 Å². The highest BCUT2D eigenvalue weighted by Crippen LogP contribution is 2.24. The average Bonchev–Trinajstić information content (AvgIpc) is 2.90. The second-order valence-corrected chi connectivity index (χ2v) is 6.16. The summed E-state index contributed by atoms with van der Waals surface area (Å²) in [4.78, 5) is 16.1. The molecule has 3 rings (SSSR count). The van der Waals surface area contributed by atoms with Gasteiger partial charge in [-0.1, -0.05) is 0 Å². The van der Waals surface area contributed by atoms with Gasteiger partial charge in [0.05, 0.1) is 6.54 Å². The van der Waals surface area contributed by atoms with Crippen molar-refractivity contribution in [3.05, 3.63) is 35.8 Å². The third kappa shape index (κ3) is 3.44. The number of hydrogen-bond acceptors (Lipinski definition) is 5. The number of rotatable bonds is 4. The molecule has 1 N–H and O–H groups in total. The van der Waals surface area contributed by atoms with Gasteiger partial charge < -0.3 is 14.8 Å². The van der Waals surface area contributed by atoms with Gasteiger partial charge in [0.15, 0.2) is 0 Å². The van der Waals surface area contributed by atoms with Crippen LogP contribution in [0.15, 0.2) is 18.5 Å². The minimum atomic E-state index is 0.437. The molecule has 0 amide bonds. The van der Waals surface area contributed by atoms with Crippen LogP contribution in [0.2, 0.25) is 0 Å². The molecule has 22 heavy (non-hydrogen) atoms. The lowest BCUT2D eigenvalue weighted by Gasteiger charge is -2.28. The number of piperidine rings is 1. The topological polar surface area (TPSA) is 58.9 Å². The summed E-state index contributed by atoms with van der Waals surface area (Å²) >= 11 is 0. The Bertz CT molecular complexity index is 635. The predicted octanol–water partition coefficient (Wildman–Crippen LogP) is 1.94. The van der Waals surface area contributed by atoms with Gasteiger partial charge in [-0.25, -0.2) is 15.0 Å². The molecule has 1 fully saturated rings. The molecule has 2 aromatic heterocycles. The zero-order valence-corrected chi connectivity index (χ0v) is 13.6. The van der Waals surface area contributed by atoms with E-state index < -0.39 is 0 Å².